The zero-order valence-corrected chi connectivity index (χ0v) is 39.0. The maximum absolute atomic E-state index is 12.0. The fourth-order valence-electron chi connectivity index (χ4n) is 5.92. The van der Waals surface area contributed by atoms with Gasteiger partial charge < -0.3 is 37.1 Å². The second-order valence-electron chi connectivity index (χ2n) is 15.3. The molecule has 342 valence electrons. The summed E-state index contributed by atoms with van der Waals surface area (Å²) >= 11 is 0. The number of hydrogen-bond donors (Lipinski definition) is 6. The van der Waals surface area contributed by atoms with E-state index >= 15 is 0 Å². The van der Waals surface area contributed by atoms with Crippen molar-refractivity contribution >= 4 is 33.7 Å². The second-order valence-corrected chi connectivity index (χ2v) is 15.3. The number of aryl methyl sites for hydroxylation is 1. The molecule has 0 bridgehead atoms. The van der Waals surface area contributed by atoms with Gasteiger partial charge in [0.05, 0.1) is 40.6 Å². The standard InChI is InChI=1S/C13H16N4O.C13H16N4.C11H15N3O.C10H13N3O2/c1-8(2)17-7-10(5-4-6-14)11-12(17)15-9(3)16-13(11)18;1-4-5-6-10-7-17(9(2)3)13-11(10)12(14)15-8-16-13;1-4-5-6-9-7-14(8(2)3)11(15)13-10(9)12;1-7(2)13-6-8(4-3-5-11)9(14)12-10(13)15/h7-8H,6,14H2,1-3H3,(H,15,16,18);7-9H,4H2,1-3H3,(H2,14,15,16);7-8H,4H2,1-3H3,(H2,12,13,15);6-7H,5,11H2,1-2H3,(H,12,14,15). The third-order valence-electron chi connectivity index (χ3n) is 9.06. The molecule has 6 rings (SSSR count). The van der Waals surface area contributed by atoms with Gasteiger partial charge in [0.15, 0.2) is 0 Å². The highest BCUT2D eigenvalue weighted by molar-refractivity contribution is 5.92. The molecule has 0 aliphatic heterocycles. The van der Waals surface area contributed by atoms with Gasteiger partial charge in [-0.05, 0) is 62.3 Å². The Hall–Kier alpha value is -7.64. The van der Waals surface area contributed by atoms with Crippen LogP contribution in [0.5, 0.6) is 0 Å². The Kier molecular flexibility index (Phi) is 19.3. The van der Waals surface area contributed by atoms with Crippen molar-refractivity contribution in [2.24, 2.45) is 11.5 Å². The lowest BCUT2D eigenvalue weighted by Crippen LogP contribution is -2.32. The van der Waals surface area contributed by atoms with Crippen LogP contribution in [0.1, 0.15) is 134 Å². The van der Waals surface area contributed by atoms with E-state index < -0.39 is 11.2 Å². The number of rotatable bonds is 4. The van der Waals surface area contributed by atoms with Crippen molar-refractivity contribution in [2.75, 3.05) is 24.6 Å². The average Bonchev–Trinajstić information content (AvgIpc) is 3.81. The monoisotopic (exact) mass is 884 g/mol. The molecule has 10 N–H and O–H groups in total. The highest BCUT2D eigenvalue weighted by Gasteiger charge is 2.15. The van der Waals surface area contributed by atoms with E-state index in [9.17, 15) is 19.2 Å². The van der Waals surface area contributed by atoms with E-state index in [0.29, 0.717) is 39.8 Å². The summed E-state index contributed by atoms with van der Waals surface area (Å²) in [4.78, 5) is 67.5. The molecule has 18 heteroatoms. The highest BCUT2D eigenvalue weighted by Crippen LogP contribution is 2.26. The summed E-state index contributed by atoms with van der Waals surface area (Å²) in [6, 6.07) is 0.583. The van der Waals surface area contributed by atoms with E-state index in [1.54, 1.807) is 13.1 Å². The molecule has 0 saturated heterocycles. The van der Waals surface area contributed by atoms with Crippen LogP contribution in [0.3, 0.4) is 0 Å². The van der Waals surface area contributed by atoms with Gasteiger partial charge in [-0.3, -0.25) is 23.7 Å². The molecule has 0 unspecified atom stereocenters. The number of hydrogen-bond acceptors (Lipinski definition) is 12. The van der Waals surface area contributed by atoms with Crippen LogP contribution in [0.15, 0.2) is 50.3 Å². The Bertz CT molecular complexity index is 3110. The Balaban J connectivity index is 0.000000231. The molecular weight excluding hydrogens is 825 g/mol. The van der Waals surface area contributed by atoms with Crippen LogP contribution in [-0.2, 0) is 0 Å². The van der Waals surface area contributed by atoms with Gasteiger partial charge in [-0.25, -0.2) is 24.5 Å². The number of nitrogens with two attached hydrogens (primary N) is 4. The van der Waals surface area contributed by atoms with Crippen molar-refractivity contribution in [1.82, 2.24) is 48.2 Å². The van der Waals surface area contributed by atoms with Crippen LogP contribution in [-0.4, -0.2) is 61.3 Å². The summed E-state index contributed by atoms with van der Waals surface area (Å²) in [5.41, 5.74) is 24.7. The van der Waals surface area contributed by atoms with Crippen LogP contribution >= 0.6 is 0 Å². The second kappa shape index (κ2) is 24.3. The normalized spacial score (nSPS) is 10.3. The summed E-state index contributed by atoms with van der Waals surface area (Å²) in [7, 11) is 0. The molecule has 0 aliphatic carbocycles. The summed E-state index contributed by atoms with van der Waals surface area (Å²) in [6.45, 7) is 22.0. The third kappa shape index (κ3) is 13.7. The van der Waals surface area contributed by atoms with Crippen molar-refractivity contribution < 1.29 is 0 Å². The number of nitrogens with zero attached hydrogens (tertiary/aromatic N) is 8. The molecule has 0 atom stereocenters. The van der Waals surface area contributed by atoms with Crippen molar-refractivity contribution in [3.05, 3.63) is 101 Å². The molecule has 0 saturated carbocycles. The summed E-state index contributed by atoms with van der Waals surface area (Å²) in [6.07, 6.45) is 10.0. The van der Waals surface area contributed by atoms with E-state index in [1.807, 2.05) is 72.4 Å². The highest BCUT2D eigenvalue weighted by atomic mass is 16.2. The molecule has 6 heterocycles. The number of fused-ring (bicyclic) bond motifs is 2. The smallest absolute Gasteiger partial charge is 0.349 e. The molecule has 0 radical (unpaired) electrons. The molecule has 0 fully saturated rings. The van der Waals surface area contributed by atoms with Gasteiger partial charge in [0.25, 0.3) is 11.1 Å². The van der Waals surface area contributed by atoms with Gasteiger partial charge in [0, 0.05) is 61.8 Å². The van der Waals surface area contributed by atoms with Gasteiger partial charge in [0.1, 0.15) is 40.6 Å². The minimum Gasteiger partial charge on any atom is -0.383 e. The molecule has 0 spiro atoms. The Labute approximate surface area is 378 Å². The lowest BCUT2D eigenvalue weighted by atomic mass is 10.2. The summed E-state index contributed by atoms with van der Waals surface area (Å²) in [5, 5.41) is 1.40. The van der Waals surface area contributed by atoms with Gasteiger partial charge in [-0.2, -0.15) is 4.98 Å². The predicted molar refractivity (Wildman–Crippen MR) is 259 cm³/mol. The summed E-state index contributed by atoms with van der Waals surface area (Å²) < 4.78 is 6.98. The van der Waals surface area contributed by atoms with Crippen molar-refractivity contribution in [1.29, 1.82) is 0 Å². The van der Waals surface area contributed by atoms with Crippen LogP contribution in [0.25, 0.3) is 22.1 Å². The maximum Gasteiger partial charge on any atom is 0.349 e. The quantitative estimate of drug-likeness (QED) is 0.138. The van der Waals surface area contributed by atoms with Gasteiger partial charge in [-0.15, -0.1) is 0 Å². The zero-order valence-electron chi connectivity index (χ0n) is 39.0. The van der Waals surface area contributed by atoms with E-state index in [2.05, 4.69) is 95.7 Å². The molecule has 0 amide bonds. The Morgan fingerprint density at radius 2 is 1.03 bits per heavy atom. The lowest BCUT2D eigenvalue weighted by molar-refractivity contribution is 0.560. The van der Waals surface area contributed by atoms with E-state index in [-0.39, 0.29) is 53.8 Å². The van der Waals surface area contributed by atoms with E-state index in [4.69, 9.17) is 22.9 Å². The largest absolute Gasteiger partial charge is 0.383 e. The minimum atomic E-state index is -0.474. The number of anilines is 2. The van der Waals surface area contributed by atoms with Crippen LogP contribution in [0.2, 0.25) is 0 Å². The number of nitrogens with one attached hydrogen (secondary N) is 2. The molecule has 0 aromatic carbocycles. The fraction of sp³-hybridized carbons (Fsp3) is 0.404. The molecule has 6 aromatic rings. The number of aromatic amines is 2. The first-order valence-corrected chi connectivity index (χ1v) is 21.1. The number of H-pyrrole nitrogens is 2. The first-order valence-electron chi connectivity index (χ1n) is 21.1. The molecule has 18 nitrogen and oxygen atoms in total. The SMILES string of the molecule is CC(C)n1cc(C#CCN)c(=O)[nH]c1=O.CCC#Cc1cn(C(C)C)c(=O)nc1N.CCC#Cc1cn(C(C)C)c2ncnc(N)c12.Cc1nc2c(c(C#CCN)cn2C(C)C)c(=O)[nH]1. The molecule has 6 aromatic heterocycles. The molecule has 65 heavy (non-hydrogen) atoms. The van der Waals surface area contributed by atoms with Crippen molar-refractivity contribution in [2.45, 2.75) is 113 Å². The third-order valence-corrected chi connectivity index (χ3v) is 9.06. The number of aromatic nitrogens is 10. The Morgan fingerprint density at radius 3 is 1.57 bits per heavy atom. The van der Waals surface area contributed by atoms with Crippen molar-refractivity contribution in [3.8, 4) is 47.4 Å². The van der Waals surface area contributed by atoms with Gasteiger partial charge in [0.2, 0.25) is 0 Å². The van der Waals surface area contributed by atoms with E-state index in [0.717, 1.165) is 29.4 Å². The van der Waals surface area contributed by atoms with Crippen LogP contribution in [0, 0.1) is 54.3 Å². The van der Waals surface area contributed by atoms with Crippen LogP contribution < -0.4 is 45.4 Å². The number of nitrogen functional groups attached to an aromatic ring is 2. The predicted octanol–water partition coefficient (Wildman–Crippen LogP) is 3.88. The maximum atomic E-state index is 12.0. The summed E-state index contributed by atoms with van der Waals surface area (Å²) in [5.74, 6) is 24.2. The lowest BCUT2D eigenvalue weighted by Gasteiger charge is -2.09. The van der Waals surface area contributed by atoms with Crippen molar-refractivity contribution in [3.63, 3.8) is 0 Å². The molecular formula is C47H60N14O4. The van der Waals surface area contributed by atoms with Gasteiger partial charge >= 0.3 is 11.4 Å². The van der Waals surface area contributed by atoms with Gasteiger partial charge in [-0.1, -0.05) is 61.2 Å². The average molecular weight is 885 g/mol. The van der Waals surface area contributed by atoms with Crippen LogP contribution in [0.4, 0.5) is 11.6 Å². The minimum absolute atomic E-state index is 0.0206. The first kappa shape index (κ1) is 51.7. The first-order chi connectivity index (χ1) is 30.8. The molecule has 0 aliphatic rings. The zero-order chi connectivity index (χ0) is 48.5. The topological polar surface area (TPSA) is 275 Å². The fourth-order valence-corrected chi connectivity index (χ4v) is 5.92. The van der Waals surface area contributed by atoms with E-state index in [1.165, 1.54) is 21.7 Å². The Morgan fingerprint density at radius 1 is 0.554 bits per heavy atom.